The molecule has 1 aliphatic heterocycles. The first-order valence-corrected chi connectivity index (χ1v) is 9.40. The maximum Gasteiger partial charge on any atom is 0.308 e. The van der Waals surface area contributed by atoms with Crippen LogP contribution in [0.15, 0.2) is 24.3 Å². The molecule has 134 valence electrons. The van der Waals surface area contributed by atoms with Crippen LogP contribution >= 0.6 is 0 Å². The van der Waals surface area contributed by atoms with Crippen LogP contribution in [0.2, 0.25) is 0 Å². The van der Waals surface area contributed by atoms with Crippen LogP contribution in [0.5, 0.6) is 5.75 Å². The Labute approximate surface area is 148 Å². The zero-order chi connectivity index (χ0) is 17.4. The molecule has 4 rings (SSSR count). The number of likely N-dealkylation sites (tertiary alicyclic amines) is 1. The summed E-state index contributed by atoms with van der Waals surface area (Å²) in [5.41, 5.74) is 0.594. The molecule has 0 bridgehead atoms. The van der Waals surface area contributed by atoms with E-state index in [-0.39, 0.29) is 17.9 Å². The first-order chi connectivity index (χ1) is 12.1. The number of hydrogen-bond acceptors (Lipinski definition) is 3. The summed E-state index contributed by atoms with van der Waals surface area (Å²) < 4.78 is 5.99. The van der Waals surface area contributed by atoms with Crippen molar-refractivity contribution in [3.05, 3.63) is 29.8 Å². The molecule has 2 atom stereocenters. The molecule has 0 unspecified atom stereocenters. The van der Waals surface area contributed by atoms with Crippen molar-refractivity contribution in [1.29, 1.82) is 0 Å². The lowest BCUT2D eigenvalue weighted by atomic mass is 9.92. The second kappa shape index (κ2) is 6.70. The Morgan fingerprint density at radius 1 is 1.08 bits per heavy atom. The molecule has 1 N–H and O–H groups in total. The summed E-state index contributed by atoms with van der Waals surface area (Å²) in [5.74, 6) is 0.0620. The summed E-state index contributed by atoms with van der Waals surface area (Å²) in [7, 11) is 0. The van der Waals surface area contributed by atoms with Gasteiger partial charge in [0, 0.05) is 18.7 Å². The number of ether oxygens (including phenoxy) is 1. The van der Waals surface area contributed by atoms with Gasteiger partial charge >= 0.3 is 5.97 Å². The maximum atomic E-state index is 12.9. The van der Waals surface area contributed by atoms with Gasteiger partial charge in [-0.25, -0.2) is 0 Å². The number of carbonyl (C=O) groups excluding carboxylic acids is 1. The number of nitrogens with zero attached hydrogens (tertiary/aromatic N) is 1. The van der Waals surface area contributed by atoms with Gasteiger partial charge in [0.15, 0.2) is 0 Å². The van der Waals surface area contributed by atoms with Gasteiger partial charge in [-0.1, -0.05) is 6.07 Å². The van der Waals surface area contributed by atoms with E-state index >= 15 is 0 Å². The molecule has 0 radical (unpaired) electrons. The van der Waals surface area contributed by atoms with Crippen LogP contribution in [0.3, 0.4) is 0 Å². The van der Waals surface area contributed by atoms with Crippen molar-refractivity contribution in [2.24, 2.45) is 17.8 Å². The third-order valence-electron chi connectivity index (χ3n) is 5.88. The highest BCUT2D eigenvalue weighted by molar-refractivity contribution is 5.95. The normalized spacial score (nSPS) is 26.8. The molecule has 5 nitrogen and oxygen atoms in total. The highest BCUT2D eigenvalue weighted by Gasteiger charge is 2.46. The number of carboxylic acids is 1. The Bertz CT molecular complexity index is 663. The van der Waals surface area contributed by atoms with Crippen molar-refractivity contribution in [2.75, 3.05) is 13.1 Å². The van der Waals surface area contributed by atoms with E-state index in [1.165, 1.54) is 12.8 Å². The van der Waals surface area contributed by atoms with Crippen LogP contribution in [-0.4, -0.2) is 41.1 Å². The number of amides is 1. The zero-order valence-corrected chi connectivity index (χ0v) is 14.4. The zero-order valence-electron chi connectivity index (χ0n) is 14.4. The fourth-order valence-electron chi connectivity index (χ4n) is 4.34. The second-order valence-corrected chi connectivity index (χ2v) is 7.71. The van der Waals surface area contributed by atoms with E-state index in [1.807, 2.05) is 12.1 Å². The van der Waals surface area contributed by atoms with E-state index in [9.17, 15) is 14.7 Å². The van der Waals surface area contributed by atoms with Gasteiger partial charge in [0.2, 0.25) is 0 Å². The Hall–Kier alpha value is -2.04. The number of rotatable bonds is 5. The van der Waals surface area contributed by atoms with Crippen molar-refractivity contribution < 1.29 is 19.4 Å². The molecule has 3 fully saturated rings. The van der Waals surface area contributed by atoms with Gasteiger partial charge in [0.1, 0.15) is 5.75 Å². The summed E-state index contributed by atoms with van der Waals surface area (Å²) in [6, 6.07) is 7.34. The van der Waals surface area contributed by atoms with E-state index in [4.69, 9.17) is 4.74 Å². The minimum absolute atomic E-state index is 0.0775. The van der Waals surface area contributed by atoms with E-state index in [1.54, 1.807) is 17.0 Å². The number of carboxylic acid groups (broad SMARTS) is 1. The molecule has 1 heterocycles. The van der Waals surface area contributed by atoms with Crippen LogP contribution in [0, 0.1) is 17.8 Å². The first-order valence-electron chi connectivity index (χ1n) is 9.40. The molecule has 1 aromatic rings. The molecule has 2 aliphatic carbocycles. The summed E-state index contributed by atoms with van der Waals surface area (Å²) >= 11 is 0. The predicted octanol–water partition coefficient (Wildman–Crippen LogP) is 3.19. The lowest BCUT2D eigenvalue weighted by molar-refractivity contribution is -0.142. The topological polar surface area (TPSA) is 66.8 Å². The predicted molar refractivity (Wildman–Crippen MR) is 92.6 cm³/mol. The lowest BCUT2D eigenvalue weighted by Crippen LogP contribution is -2.30. The Balaban J connectivity index is 1.46. The number of hydrogen-bond donors (Lipinski definition) is 1. The quantitative estimate of drug-likeness (QED) is 0.891. The van der Waals surface area contributed by atoms with Gasteiger partial charge in [-0.2, -0.15) is 0 Å². The molecule has 2 saturated carbocycles. The van der Waals surface area contributed by atoms with Crippen molar-refractivity contribution in [2.45, 2.75) is 44.6 Å². The first kappa shape index (κ1) is 16.4. The highest BCUT2D eigenvalue weighted by Crippen LogP contribution is 2.44. The largest absolute Gasteiger partial charge is 0.490 e. The van der Waals surface area contributed by atoms with Crippen LogP contribution in [0.25, 0.3) is 0 Å². The summed E-state index contributed by atoms with van der Waals surface area (Å²) in [5, 5.41) is 9.48. The summed E-state index contributed by atoms with van der Waals surface area (Å²) in [6.07, 6.45) is 7.02. The van der Waals surface area contributed by atoms with E-state index in [2.05, 4.69) is 0 Å². The van der Waals surface area contributed by atoms with E-state index in [0.29, 0.717) is 24.6 Å². The molecule has 0 spiro atoms. The standard InChI is InChI=1S/C20H25NO4/c22-19(21-11-17(13-8-9-13)18(12-21)20(23)24)14-4-3-7-16(10-14)25-15-5-1-2-6-15/h3-4,7,10,13,15,17-18H,1-2,5-6,8-9,11-12H2,(H,23,24)/t17-,18+/m1/s1. The number of carbonyl (C=O) groups is 2. The van der Waals surface area contributed by atoms with E-state index < -0.39 is 11.9 Å². The molecule has 1 amide bonds. The second-order valence-electron chi connectivity index (χ2n) is 7.71. The molecule has 5 heteroatoms. The van der Waals surface area contributed by atoms with E-state index in [0.717, 1.165) is 31.4 Å². The Morgan fingerprint density at radius 3 is 2.52 bits per heavy atom. The van der Waals surface area contributed by atoms with Crippen LogP contribution in [0.4, 0.5) is 0 Å². The Morgan fingerprint density at radius 2 is 1.84 bits per heavy atom. The molecular formula is C20H25NO4. The summed E-state index contributed by atoms with van der Waals surface area (Å²) in [6.45, 7) is 0.886. The monoisotopic (exact) mass is 343 g/mol. The van der Waals surface area contributed by atoms with Crippen LogP contribution < -0.4 is 4.74 Å². The maximum absolute atomic E-state index is 12.9. The molecule has 0 aromatic heterocycles. The van der Waals surface area contributed by atoms with Gasteiger partial charge in [0.25, 0.3) is 5.91 Å². The minimum Gasteiger partial charge on any atom is -0.490 e. The third-order valence-corrected chi connectivity index (χ3v) is 5.88. The van der Waals surface area contributed by atoms with Gasteiger partial charge in [0.05, 0.1) is 12.0 Å². The average Bonchev–Trinajstić information content (AvgIpc) is 3.14. The molecule has 3 aliphatic rings. The third kappa shape index (κ3) is 3.51. The van der Waals surface area contributed by atoms with Crippen molar-refractivity contribution >= 4 is 11.9 Å². The van der Waals surface area contributed by atoms with Crippen molar-refractivity contribution in [3.8, 4) is 5.75 Å². The minimum atomic E-state index is -0.773. The average molecular weight is 343 g/mol. The Kier molecular flexibility index (Phi) is 4.40. The fraction of sp³-hybridized carbons (Fsp3) is 0.600. The van der Waals surface area contributed by atoms with Crippen LogP contribution in [-0.2, 0) is 4.79 Å². The summed E-state index contributed by atoms with van der Waals surface area (Å²) in [4.78, 5) is 26.1. The van der Waals surface area contributed by atoms with Gasteiger partial charge in [-0.3, -0.25) is 9.59 Å². The van der Waals surface area contributed by atoms with Gasteiger partial charge in [-0.05, 0) is 68.6 Å². The number of benzene rings is 1. The number of aliphatic carboxylic acids is 1. The smallest absolute Gasteiger partial charge is 0.308 e. The molecule has 1 aromatic carbocycles. The SMILES string of the molecule is O=C(O)[C@H]1CN(C(=O)c2cccc(OC3CCCC3)c2)C[C@@H]1C1CC1. The fourth-order valence-corrected chi connectivity index (χ4v) is 4.34. The van der Waals surface area contributed by atoms with Crippen molar-refractivity contribution in [1.82, 2.24) is 4.90 Å². The van der Waals surface area contributed by atoms with Gasteiger partial charge in [-0.15, -0.1) is 0 Å². The lowest BCUT2D eigenvalue weighted by Gasteiger charge is -2.18. The molecular weight excluding hydrogens is 318 g/mol. The highest BCUT2D eigenvalue weighted by atomic mass is 16.5. The van der Waals surface area contributed by atoms with Gasteiger partial charge < -0.3 is 14.7 Å². The molecule has 1 saturated heterocycles. The molecule has 25 heavy (non-hydrogen) atoms. The van der Waals surface area contributed by atoms with Crippen molar-refractivity contribution in [3.63, 3.8) is 0 Å². The van der Waals surface area contributed by atoms with Crippen LogP contribution in [0.1, 0.15) is 48.9 Å².